The zero-order valence-electron chi connectivity index (χ0n) is 9.36. The van der Waals surface area contributed by atoms with Crippen LogP contribution in [0.2, 0.25) is 0 Å². The minimum Gasteiger partial charge on any atom is -0.536 e. The van der Waals surface area contributed by atoms with Crippen molar-refractivity contribution in [3.8, 4) is 0 Å². The zero-order chi connectivity index (χ0) is 7.82. The molecule has 0 fully saturated rings. The number of aliphatic hydroxyl groups is 1. The van der Waals surface area contributed by atoms with E-state index in [0.717, 1.165) is 0 Å². The number of aliphatic hydroxyl groups excluding tert-OH is 1. The first-order valence-corrected chi connectivity index (χ1v) is 2.59. The zero-order valence-corrected chi connectivity index (χ0v) is 18.4. The third-order valence-electron chi connectivity index (χ3n) is 0.691. The molecule has 14 heavy (non-hydrogen) atoms. The van der Waals surface area contributed by atoms with Crippen molar-refractivity contribution in [2.24, 2.45) is 0 Å². The van der Waals surface area contributed by atoms with Gasteiger partial charge in [0.25, 0.3) is 0 Å². The fourth-order valence-corrected chi connectivity index (χ4v) is 0.349. The molecule has 0 bridgehead atoms. The summed E-state index contributed by atoms with van der Waals surface area (Å²) >= 11 is 0. The van der Waals surface area contributed by atoms with Crippen molar-refractivity contribution in [3.63, 3.8) is 0 Å². The Bertz CT molecular complexity index is 85.1. The molecule has 0 aromatic heterocycles. The summed E-state index contributed by atoms with van der Waals surface area (Å²) in [5.41, 5.74) is 0. The van der Waals surface area contributed by atoms with E-state index >= 15 is 0 Å². The Labute approximate surface area is 197 Å². The number of hydrogen-bond donors (Lipinski definition) is 1. The van der Waals surface area contributed by atoms with E-state index in [-0.39, 0.29) is 150 Å². The molecule has 71 valence electrons. The predicted molar refractivity (Wildman–Crippen MR) is 39.7 cm³/mol. The van der Waals surface area contributed by atoms with Gasteiger partial charge in [0, 0.05) is 39.8 Å². The van der Waals surface area contributed by atoms with Gasteiger partial charge in [0.1, 0.15) is 13.6 Å². The summed E-state index contributed by atoms with van der Waals surface area (Å²) in [6.45, 7) is -0.506. The van der Waals surface area contributed by atoms with Crippen molar-refractivity contribution in [1.82, 2.24) is 0 Å². The number of hydrogen-bond acceptors (Lipinski definition) is 5. The van der Waals surface area contributed by atoms with Gasteiger partial charge in [0.15, 0.2) is 0 Å². The average molecular weight is 331 g/mol. The standard InChI is InChI=1S/C4H10BO5.CH3.2K.Y/c1-7-4-10-5(8-2)9-3-6;;;;/h6H,1,3-4H2,2H3;1H3;;;/q2*-1;2*+1;. The molecule has 0 atom stereocenters. The summed E-state index contributed by atoms with van der Waals surface area (Å²) in [6, 6.07) is 0. The van der Waals surface area contributed by atoms with E-state index in [9.17, 15) is 0 Å². The predicted octanol–water partition coefficient (Wildman–Crippen LogP) is -6.18. The molecule has 0 aliphatic carbocycles. The van der Waals surface area contributed by atoms with Gasteiger partial charge in [-0.2, -0.15) is 0 Å². The summed E-state index contributed by atoms with van der Waals surface area (Å²) in [7, 11) is 3.54. The van der Waals surface area contributed by atoms with Crippen LogP contribution >= 0.6 is 0 Å². The first kappa shape index (κ1) is 30.9. The minimum atomic E-state index is -0.897. The molecule has 0 unspecified atom stereocenters. The van der Waals surface area contributed by atoms with E-state index in [4.69, 9.17) is 9.76 Å². The van der Waals surface area contributed by atoms with Crippen LogP contribution in [0.5, 0.6) is 0 Å². The Morgan fingerprint density at radius 3 is 2.07 bits per heavy atom. The van der Waals surface area contributed by atoms with Gasteiger partial charge < -0.3 is 31.2 Å². The third-order valence-corrected chi connectivity index (χ3v) is 0.691. The maximum absolute atomic E-state index is 8.23. The van der Waals surface area contributed by atoms with Crippen LogP contribution in [0.3, 0.4) is 0 Å². The second-order valence-corrected chi connectivity index (χ2v) is 1.31. The van der Waals surface area contributed by atoms with Crippen molar-refractivity contribution in [2.75, 3.05) is 20.7 Å². The van der Waals surface area contributed by atoms with Gasteiger partial charge in [-0.25, -0.2) is 7.11 Å². The summed E-state index contributed by atoms with van der Waals surface area (Å²) in [5.74, 6) is 0. The Hall–Kier alpha value is 4.24. The topological polar surface area (TPSA) is 57.2 Å². The summed E-state index contributed by atoms with van der Waals surface area (Å²) in [5, 5.41) is 8.23. The third kappa shape index (κ3) is 21.5. The monoisotopic (exact) mass is 331 g/mol. The van der Waals surface area contributed by atoms with Crippen LogP contribution in [0.15, 0.2) is 0 Å². The van der Waals surface area contributed by atoms with Crippen LogP contribution in [0.25, 0.3) is 0 Å². The molecule has 1 N–H and O–H groups in total. The molecule has 0 spiro atoms. The van der Waals surface area contributed by atoms with Gasteiger partial charge in [-0.05, 0) is 0 Å². The molecule has 9 heteroatoms. The van der Waals surface area contributed by atoms with E-state index in [1.54, 1.807) is 0 Å². The van der Waals surface area contributed by atoms with Crippen LogP contribution in [0, 0.1) is 14.5 Å². The number of rotatable bonds is 6. The molecule has 0 saturated heterocycles. The van der Waals surface area contributed by atoms with Gasteiger partial charge in [0.05, 0.1) is 0 Å². The van der Waals surface area contributed by atoms with Crippen molar-refractivity contribution in [3.05, 3.63) is 14.5 Å². The van der Waals surface area contributed by atoms with Crippen LogP contribution in [-0.4, -0.2) is 33.1 Å². The second kappa shape index (κ2) is 25.9. The average Bonchev–Trinajstić information content (AvgIpc) is 1.98. The summed E-state index contributed by atoms with van der Waals surface area (Å²) in [4.78, 5) is 0. The molecule has 5 nitrogen and oxygen atoms in total. The van der Waals surface area contributed by atoms with Gasteiger partial charge in [-0.1, -0.05) is 0 Å². The largest absolute Gasteiger partial charge is 1.00 e. The quantitative estimate of drug-likeness (QED) is 0.298. The fourth-order valence-electron chi connectivity index (χ4n) is 0.349. The van der Waals surface area contributed by atoms with Crippen LogP contribution in [0.4, 0.5) is 0 Å². The molecule has 0 aromatic carbocycles. The Morgan fingerprint density at radius 2 is 1.79 bits per heavy atom. The van der Waals surface area contributed by atoms with E-state index < -0.39 is 14.1 Å². The van der Waals surface area contributed by atoms with Crippen molar-refractivity contribution in [2.45, 2.75) is 0 Å². The smallest absolute Gasteiger partial charge is 0.536 e. The first-order chi connectivity index (χ1) is 4.85. The van der Waals surface area contributed by atoms with Crippen molar-refractivity contribution >= 4 is 7.32 Å². The molecule has 0 saturated carbocycles. The van der Waals surface area contributed by atoms with E-state index in [2.05, 4.69) is 21.2 Å². The number of ether oxygens (including phenoxy) is 1. The van der Waals surface area contributed by atoms with E-state index in [1.165, 1.54) is 7.11 Å². The fraction of sp³-hybridized carbons (Fsp3) is 0.600. The second-order valence-electron chi connectivity index (χ2n) is 1.31. The molecule has 0 amide bonds. The molecule has 0 aliphatic rings. The Balaban J connectivity index is -0.0000000675. The van der Waals surface area contributed by atoms with Gasteiger partial charge in [-0.15, -0.1) is 0 Å². The van der Waals surface area contributed by atoms with Crippen LogP contribution in [0.1, 0.15) is 0 Å². The first-order valence-electron chi connectivity index (χ1n) is 2.59. The van der Waals surface area contributed by atoms with Gasteiger partial charge in [-0.3, -0.25) is 0 Å². The molecule has 0 rings (SSSR count). The van der Waals surface area contributed by atoms with Crippen molar-refractivity contribution < 1.29 is 159 Å². The van der Waals surface area contributed by atoms with Crippen LogP contribution in [-0.2, 0) is 51.4 Å². The molecule has 0 heterocycles. The Kier molecular flexibility index (Phi) is 57.3. The van der Waals surface area contributed by atoms with E-state index in [1.807, 2.05) is 0 Å². The normalized spacial score (nSPS) is 7.07. The van der Waals surface area contributed by atoms with Crippen LogP contribution < -0.4 is 103 Å². The molecule has 1 radical (unpaired) electrons. The van der Waals surface area contributed by atoms with Gasteiger partial charge >= 0.3 is 110 Å². The van der Waals surface area contributed by atoms with Crippen molar-refractivity contribution in [1.29, 1.82) is 0 Å². The summed E-state index contributed by atoms with van der Waals surface area (Å²) in [6.07, 6.45) is 0. The maximum atomic E-state index is 8.23. The summed E-state index contributed by atoms with van der Waals surface area (Å²) < 4.78 is 18.1. The minimum absolute atomic E-state index is 0. The Morgan fingerprint density at radius 1 is 1.29 bits per heavy atom. The molecular weight excluding hydrogens is 318 g/mol. The van der Waals surface area contributed by atoms with Gasteiger partial charge in [0.2, 0.25) is 0 Å². The maximum Gasteiger partial charge on any atom is 1.00 e. The molecule has 0 aliphatic heterocycles. The SMILES string of the molecule is [CH2-]OCOB(OC)OCO.[CH3-].[K+].[K+].[Y]. The molecular formula is C5H13BK2O5Y. The van der Waals surface area contributed by atoms with E-state index in [0.29, 0.717) is 0 Å². The molecule has 0 aromatic rings.